The van der Waals surface area contributed by atoms with Gasteiger partial charge in [0.15, 0.2) is 0 Å². The largest absolute Gasteiger partial charge is 0.383 e. The number of thioether (sulfide) groups is 1. The molecule has 1 rings (SSSR count). The lowest BCUT2D eigenvalue weighted by molar-refractivity contribution is 0.117. The smallest absolute Gasteiger partial charge is 0.0631 e. The molecule has 84 valence electrons. The number of nitrogens with one attached hydrogen (secondary N) is 1. The minimum absolute atomic E-state index is 0.475. The van der Waals surface area contributed by atoms with Crippen LogP contribution in [0.3, 0.4) is 0 Å². The molecule has 0 aliphatic carbocycles. The Labute approximate surface area is 91.6 Å². The molecule has 0 saturated carbocycles. The summed E-state index contributed by atoms with van der Waals surface area (Å²) in [4.78, 5) is 2.45. The van der Waals surface area contributed by atoms with Crippen LogP contribution < -0.4 is 5.32 Å². The van der Waals surface area contributed by atoms with Gasteiger partial charge in [-0.25, -0.2) is 0 Å². The molecule has 2 unspecified atom stereocenters. The second-order valence-electron chi connectivity index (χ2n) is 3.74. The average molecular weight is 218 g/mol. The van der Waals surface area contributed by atoms with Crippen molar-refractivity contribution in [1.29, 1.82) is 0 Å². The van der Waals surface area contributed by atoms with Crippen LogP contribution in [-0.2, 0) is 4.74 Å². The lowest BCUT2D eigenvalue weighted by Crippen LogP contribution is -2.54. The maximum Gasteiger partial charge on any atom is 0.0631 e. The highest BCUT2D eigenvalue weighted by Gasteiger charge is 2.27. The summed E-state index contributed by atoms with van der Waals surface area (Å²) in [6.07, 6.45) is 0. The Balaban J connectivity index is 2.46. The highest BCUT2D eigenvalue weighted by molar-refractivity contribution is 7.99. The third-order valence-electron chi connectivity index (χ3n) is 2.72. The number of rotatable bonds is 5. The van der Waals surface area contributed by atoms with Crippen LogP contribution in [0.15, 0.2) is 0 Å². The van der Waals surface area contributed by atoms with Gasteiger partial charge in [-0.15, -0.1) is 0 Å². The van der Waals surface area contributed by atoms with Crippen LogP contribution >= 0.6 is 11.8 Å². The van der Waals surface area contributed by atoms with Crippen LogP contribution in [0.1, 0.15) is 6.92 Å². The average Bonchev–Trinajstić information content (AvgIpc) is 2.18. The Kier molecular flexibility index (Phi) is 5.86. The first-order chi connectivity index (χ1) is 6.79. The quantitative estimate of drug-likeness (QED) is 0.732. The van der Waals surface area contributed by atoms with E-state index in [-0.39, 0.29) is 0 Å². The van der Waals surface area contributed by atoms with Gasteiger partial charge in [-0.05, 0) is 13.6 Å². The number of likely N-dealkylation sites (N-methyl/N-ethyl adjacent to an activating group) is 2. The van der Waals surface area contributed by atoms with Crippen molar-refractivity contribution in [2.75, 3.05) is 45.4 Å². The van der Waals surface area contributed by atoms with E-state index in [2.05, 4.69) is 24.2 Å². The first-order valence-corrected chi connectivity index (χ1v) is 6.45. The fourth-order valence-electron chi connectivity index (χ4n) is 1.88. The summed E-state index contributed by atoms with van der Waals surface area (Å²) in [6.45, 7) is 5.17. The van der Waals surface area contributed by atoms with E-state index in [1.807, 2.05) is 11.8 Å². The zero-order chi connectivity index (χ0) is 10.4. The zero-order valence-electron chi connectivity index (χ0n) is 9.45. The normalized spacial score (nSPS) is 26.4. The molecule has 0 aromatic rings. The third-order valence-corrected chi connectivity index (χ3v) is 3.77. The fraction of sp³-hybridized carbons (Fsp3) is 1.00. The van der Waals surface area contributed by atoms with Crippen molar-refractivity contribution in [3.8, 4) is 0 Å². The second kappa shape index (κ2) is 6.67. The molecule has 0 amide bonds. The van der Waals surface area contributed by atoms with E-state index in [4.69, 9.17) is 4.74 Å². The van der Waals surface area contributed by atoms with E-state index in [0.717, 1.165) is 13.2 Å². The van der Waals surface area contributed by atoms with Gasteiger partial charge in [0.25, 0.3) is 0 Å². The van der Waals surface area contributed by atoms with E-state index in [0.29, 0.717) is 12.1 Å². The number of hydrogen-bond acceptors (Lipinski definition) is 4. The van der Waals surface area contributed by atoms with Crippen molar-refractivity contribution in [3.05, 3.63) is 0 Å². The Hall–Kier alpha value is 0.230. The predicted octanol–water partition coefficient (Wildman–Crippen LogP) is 0.658. The van der Waals surface area contributed by atoms with Crippen LogP contribution in [0.2, 0.25) is 0 Å². The third kappa shape index (κ3) is 3.42. The van der Waals surface area contributed by atoms with Crippen LogP contribution in [0.25, 0.3) is 0 Å². The summed E-state index contributed by atoms with van der Waals surface area (Å²) in [5, 5.41) is 3.50. The second-order valence-corrected chi connectivity index (χ2v) is 4.89. The Bertz CT molecular complexity index is 151. The lowest BCUT2D eigenvalue weighted by Gasteiger charge is -2.37. The molecular formula is C10H22N2OS. The molecule has 0 aromatic carbocycles. The van der Waals surface area contributed by atoms with E-state index >= 15 is 0 Å². The molecule has 1 aliphatic heterocycles. The topological polar surface area (TPSA) is 24.5 Å². The molecule has 1 heterocycles. The molecule has 4 heteroatoms. The maximum atomic E-state index is 5.26. The Morgan fingerprint density at radius 2 is 2.43 bits per heavy atom. The van der Waals surface area contributed by atoms with Gasteiger partial charge in [0, 0.05) is 37.2 Å². The van der Waals surface area contributed by atoms with Crippen LogP contribution in [-0.4, -0.2) is 62.3 Å². The van der Waals surface area contributed by atoms with Gasteiger partial charge in [0.2, 0.25) is 0 Å². The number of hydrogen-bond donors (Lipinski definition) is 1. The minimum Gasteiger partial charge on any atom is -0.383 e. The van der Waals surface area contributed by atoms with Crippen LogP contribution in [0.5, 0.6) is 0 Å². The summed E-state index contributed by atoms with van der Waals surface area (Å²) >= 11 is 2.05. The molecule has 1 N–H and O–H groups in total. The molecule has 0 spiro atoms. The maximum absolute atomic E-state index is 5.26. The van der Waals surface area contributed by atoms with Gasteiger partial charge in [-0.1, -0.05) is 6.92 Å². The van der Waals surface area contributed by atoms with E-state index in [1.165, 1.54) is 18.1 Å². The molecule has 0 bridgehead atoms. The minimum atomic E-state index is 0.475. The molecule has 3 nitrogen and oxygen atoms in total. The summed E-state index contributed by atoms with van der Waals surface area (Å²) in [6, 6.07) is 1.09. The molecule has 0 aromatic heterocycles. The van der Waals surface area contributed by atoms with Gasteiger partial charge in [0.1, 0.15) is 0 Å². The first-order valence-electron chi connectivity index (χ1n) is 5.30. The molecule has 0 radical (unpaired) electrons. The summed E-state index contributed by atoms with van der Waals surface area (Å²) < 4.78 is 5.26. The first kappa shape index (κ1) is 12.3. The van der Waals surface area contributed by atoms with Gasteiger partial charge in [-0.2, -0.15) is 11.8 Å². The van der Waals surface area contributed by atoms with Gasteiger partial charge >= 0.3 is 0 Å². The van der Waals surface area contributed by atoms with E-state index in [1.54, 1.807) is 7.11 Å². The zero-order valence-corrected chi connectivity index (χ0v) is 10.3. The highest BCUT2D eigenvalue weighted by Crippen LogP contribution is 2.17. The molecule has 1 aliphatic rings. The van der Waals surface area contributed by atoms with Crippen molar-refractivity contribution in [2.24, 2.45) is 0 Å². The Morgan fingerprint density at radius 3 is 3.00 bits per heavy atom. The highest BCUT2D eigenvalue weighted by atomic mass is 32.2. The molecule has 2 atom stereocenters. The Morgan fingerprint density at radius 1 is 1.64 bits per heavy atom. The van der Waals surface area contributed by atoms with Crippen LogP contribution in [0.4, 0.5) is 0 Å². The lowest BCUT2D eigenvalue weighted by atomic mass is 10.1. The summed E-state index contributed by atoms with van der Waals surface area (Å²) in [5.41, 5.74) is 0. The molecule has 1 saturated heterocycles. The predicted molar refractivity (Wildman–Crippen MR) is 63.1 cm³/mol. The van der Waals surface area contributed by atoms with Crippen molar-refractivity contribution in [3.63, 3.8) is 0 Å². The van der Waals surface area contributed by atoms with Gasteiger partial charge < -0.3 is 15.0 Å². The van der Waals surface area contributed by atoms with E-state index < -0.39 is 0 Å². The summed E-state index contributed by atoms with van der Waals surface area (Å²) in [5.74, 6) is 2.48. The number of ether oxygens (including phenoxy) is 1. The monoisotopic (exact) mass is 218 g/mol. The SMILES string of the molecule is CCNC(COC)C1CSCCN1C. The molecule has 14 heavy (non-hydrogen) atoms. The van der Waals surface area contributed by atoms with Crippen LogP contribution in [0, 0.1) is 0 Å². The molecule has 1 fully saturated rings. The van der Waals surface area contributed by atoms with Gasteiger partial charge in [-0.3, -0.25) is 0 Å². The van der Waals surface area contributed by atoms with E-state index in [9.17, 15) is 0 Å². The number of methoxy groups -OCH3 is 1. The summed E-state index contributed by atoms with van der Waals surface area (Å²) in [7, 11) is 3.99. The van der Waals surface area contributed by atoms with Crippen molar-refractivity contribution < 1.29 is 4.74 Å². The fourth-order valence-corrected chi connectivity index (χ4v) is 3.19. The van der Waals surface area contributed by atoms with Crippen molar-refractivity contribution in [2.45, 2.75) is 19.0 Å². The number of nitrogens with zero attached hydrogens (tertiary/aromatic N) is 1. The van der Waals surface area contributed by atoms with Gasteiger partial charge in [0.05, 0.1) is 6.61 Å². The molecular weight excluding hydrogens is 196 g/mol. The van der Waals surface area contributed by atoms with Crippen molar-refractivity contribution >= 4 is 11.8 Å². The van der Waals surface area contributed by atoms with Crippen molar-refractivity contribution in [1.82, 2.24) is 10.2 Å². The standard InChI is InChI=1S/C10H22N2OS/c1-4-11-9(7-13-3)10-8-14-6-5-12(10)2/h9-11H,4-8H2,1-3H3.